The molecular formula is C24H29FN4O3. The summed E-state index contributed by atoms with van der Waals surface area (Å²) in [4.78, 5) is 31.6. The van der Waals surface area contributed by atoms with E-state index in [0.717, 1.165) is 30.1 Å². The van der Waals surface area contributed by atoms with E-state index in [0.29, 0.717) is 32.7 Å². The van der Waals surface area contributed by atoms with Gasteiger partial charge in [-0.3, -0.25) is 14.5 Å². The normalized spacial score (nSPS) is 19.6. The second-order valence-electron chi connectivity index (χ2n) is 8.18. The van der Waals surface area contributed by atoms with Gasteiger partial charge >= 0.3 is 0 Å². The van der Waals surface area contributed by atoms with Gasteiger partial charge in [-0.1, -0.05) is 18.2 Å². The first-order valence-corrected chi connectivity index (χ1v) is 11.0. The Morgan fingerprint density at radius 1 is 1.09 bits per heavy atom. The Labute approximate surface area is 187 Å². The highest BCUT2D eigenvalue weighted by Crippen LogP contribution is 2.23. The molecule has 2 aliphatic heterocycles. The van der Waals surface area contributed by atoms with E-state index in [2.05, 4.69) is 10.2 Å². The Morgan fingerprint density at radius 2 is 1.88 bits per heavy atom. The number of carbonyl (C=O) groups is 2. The van der Waals surface area contributed by atoms with Crippen molar-refractivity contribution >= 4 is 17.5 Å². The van der Waals surface area contributed by atoms with Gasteiger partial charge in [0.2, 0.25) is 11.8 Å². The molecule has 1 N–H and O–H groups in total. The van der Waals surface area contributed by atoms with E-state index in [1.165, 1.54) is 12.1 Å². The molecule has 7 nitrogen and oxygen atoms in total. The number of ether oxygens (including phenoxy) is 1. The predicted octanol–water partition coefficient (Wildman–Crippen LogP) is 1.87. The molecule has 1 atom stereocenters. The van der Waals surface area contributed by atoms with Crippen LogP contribution in [0.25, 0.3) is 0 Å². The van der Waals surface area contributed by atoms with Crippen LogP contribution < -0.4 is 15.0 Å². The molecule has 2 aromatic carbocycles. The molecule has 2 aromatic rings. The van der Waals surface area contributed by atoms with Crippen molar-refractivity contribution < 1.29 is 18.7 Å². The summed E-state index contributed by atoms with van der Waals surface area (Å²) in [5, 5.41) is 2.86. The molecule has 32 heavy (non-hydrogen) atoms. The van der Waals surface area contributed by atoms with Gasteiger partial charge < -0.3 is 19.9 Å². The van der Waals surface area contributed by atoms with Gasteiger partial charge in [-0.15, -0.1) is 0 Å². The molecule has 4 rings (SSSR count). The van der Waals surface area contributed by atoms with Crippen molar-refractivity contribution in [3.8, 4) is 5.75 Å². The first-order chi connectivity index (χ1) is 15.5. The van der Waals surface area contributed by atoms with Crippen LogP contribution in [0.5, 0.6) is 5.75 Å². The lowest BCUT2D eigenvalue weighted by atomic mass is 10.1. The van der Waals surface area contributed by atoms with E-state index in [1.54, 1.807) is 13.2 Å². The number of rotatable bonds is 6. The minimum absolute atomic E-state index is 0.0263. The summed E-state index contributed by atoms with van der Waals surface area (Å²) in [5.74, 6) is 0.339. The molecule has 0 bridgehead atoms. The summed E-state index contributed by atoms with van der Waals surface area (Å²) in [5.41, 5.74) is 1.87. The average Bonchev–Trinajstić information content (AvgIpc) is 2.81. The fourth-order valence-corrected chi connectivity index (χ4v) is 4.36. The van der Waals surface area contributed by atoms with Crippen LogP contribution in [-0.2, 0) is 16.1 Å². The second kappa shape index (κ2) is 9.99. The van der Waals surface area contributed by atoms with Crippen LogP contribution in [0.15, 0.2) is 48.5 Å². The molecule has 0 saturated carbocycles. The minimum atomic E-state index is -0.545. The Bertz CT molecular complexity index is 962. The highest BCUT2D eigenvalue weighted by atomic mass is 19.1. The summed E-state index contributed by atoms with van der Waals surface area (Å²) in [6.07, 6.45) is 0.125. The molecule has 0 unspecified atom stereocenters. The number of benzene rings is 2. The van der Waals surface area contributed by atoms with Crippen molar-refractivity contribution in [2.75, 3.05) is 51.3 Å². The molecule has 2 fully saturated rings. The SMILES string of the molecule is COc1cccc(N2CCN(C(=O)C[C@@H]3C(=O)NCCN3Cc3cccc(F)c3)CC2)c1. The van der Waals surface area contributed by atoms with Crippen molar-refractivity contribution in [3.05, 3.63) is 59.9 Å². The fraction of sp³-hybridized carbons (Fsp3) is 0.417. The third kappa shape index (κ3) is 5.19. The van der Waals surface area contributed by atoms with E-state index in [9.17, 15) is 14.0 Å². The molecule has 0 aliphatic carbocycles. The van der Waals surface area contributed by atoms with Crippen LogP contribution in [0.3, 0.4) is 0 Å². The maximum absolute atomic E-state index is 13.6. The summed E-state index contributed by atoms with van der Waals surface area (Å²) in [7, 11) is 1.65. The minimum Gasteiger partial charge on any atom is -0.497 e. The zero-order valence-electron chi connectivity index (χ0n) is 18.3. The quantitative estimate of drug-likeness (QED) is 0.743. The smallest absolute Gasteiger partial charge is 0.237 e. The van der Waals surface area contributed by atoms with Crippen molar-refractivity contribution in [3.63, 3.8) is 0 Å². The molecule has 2 heterocycles. The number of methoxy groups -OCH3 is 1. The number of halogens is 1. The van der Waals surface area contributed by atoms with Crippen LogP contribution in [0, 0.1) is 5.82 Å². The summed E-state index contributed by atoms with van der Waals surface area (Å²) < 4.78 is 18.9. The predicted molar refractivity (Wildman–Crippen MR) is 120 cm³/mol. The van der Waals surface area contributed by atoms with E-state index >= 15 is 0 Å². The number of hydrogen-bond acceptors (Lipinski definition) is 5. The van der Waals surface area contributed by atoms with Gasteiger partial charge in [0.05, 0.1) is 19.6 Å². The molecule has 0 spiro atoms. The lowest BCUT2D eigenvalue weighted by molar-refractivity contribution is -0.139. The monoisotopic (exact) mass is 440 g/mol. The summed E-state index contributed by atoms with van der Waals surface area (Å²) in [6, 6.07) is 13.7. The van der Waals surface area contributed by atoms with Gasteiger partial charge in [-0.2, -0.15) is 0 Å². The zero-order chi connectivity index (χ0) is 22.5. The lowest BCUT2D eigenvalue weighted by Gasteiger charge is -2.39. The number of nitrogens with one attached hydrogen (secondary N) is 1. The third-order valence-corrected chi connectivity index (χ3v) is 6.14. The van der Waals surface area contributed by atoms with Gasteiger partial charge in [-0.25, -0.2) is 4.39 Å². The van der Waals surface area contributed by atoms with Crippen LogP contribution in [0.2, 0.25) is 0 Å². The van der Waals surface area contributed by atoms with Crippen molar-refractivity contribution in [1.29, 1.82) is 0 Å². The average molecular weight is 441 g/mol. The van der Waals surface area contributed by atoms with Gasteiger partial charge in [0.15, 0.2) is 0 Å². The molecule has 2 amide bonds. The Balaban J connectivity index is 1.36. The van der Waals surface area contributed by atoms with Gasteiger partial charge in [0.25, 0.3) is 0 Å². The number of carbonyl (C=O) groups excluding carboxylic acids is 2. The van der Waals surface area contributed by atoms with Crippen molar-refractivity contribution in [1.82, 2.24) is 15.1 Å². The third-order valence-electron chi connectivity index (χ3n) is 6.14. The Kier molecular flexibility index (Phi) is 6.90. The number of hydrogen-bond donors (Lipinski definition) is 1. The molecule has 8 heteroatoms. The molecule has 2 aliphatic rings. The van der Waals surface area contributed by atoms with Gasteiger partial charge in [-0.05, 0) is 29.8 Å². The zero-order valence-corrected chi connectivity index (χ0v) is 18.3. The van der Waals surface area contributed by atoms with Gasteiger partial charge in [0, 0.05) is 57.6 Å². The summed E-state index contributed by atoms with van der Waals surface area (Å²) in [6.45, 7) is 4.25. The Morgan fingerprint density at radius 3 is 2.62 bits per heavy atom. The van der Waals surface area contributed by atoms with Crippen LogP contribution in [0.1, 0.15) is 12.0 Å². The topological polar surface area (TPSA) is 65.1 Å². The number of amides is 2. The number of piperazine rings is 2. The standard InChI is InChI=1S/C24H29FN4O3/c1-32-21-7-3-6-20(15-21)27-10-12-28(13-11-27)23(30)16-22-24(31)26-8-9-29(22)17-18-4-2-5-19(25)14-18/h2-7,14-15,22H,8-13,16-17H2,1H3,(H,26,31)/t22-/m1/s1. The maximum Gasteiger partial charge on any atom is 0.237 e. The lowest BCUT2D eigenvalue weighted by Crippen LogP contribution is -2.57. The maximum atomic E-state index is 13.6. The largest absolute Gasteiger partial charge is 0.497 e. The van der Waals surface area contributed by atoms with E-state index < -0.39 is 6.04 Å². The van der Waals surface area contributed by atoms with Gasteiger partial charge in [0.1, 0.15) is 11.6 Å². The number of nitrogens with zero attached hydrogens (tertiary/aromatic N) is 3. The highest BCUT2D eigenvalue weighted by molar-refractivity contribution is 5.89. The van der Waals surface area contributed by atoms with Crippen molar-refractivity contribution in [2.45, 2.75) is 19.0 Å². The van der Waals surface area contributed by atoms with E-state index in [4.69, 9.17) is 4.74 Å². The molecule has 0 aromatic heterocycles. The number of anilines is 1. The molecule has 2 saturated heterocycles. The first kappa shape index (κ1) is 22.1. The summed E-state index contributed by atoms with van der Waals surface area (Å²) >= 11 is 0. The Hall–Kier alpha value is -3.13. The first-order valence-electron chi connectivity index (χ1n) is 11.0. The van der Waals surface area contributed by atoms with Crippen LogP contribution in [0.4, 0.5) is 10.1 Å². The highest BCUT2D eigenvalue weighted by Gasteiger charge is 2.33. The van der Waals surface area contributed by atoms with E-state index in [-0.39, 0.29) is 24.1 Å². The van der Waals surface area contributed by atoms with Crippen LogP contribution in [-0.4, -0.2) is 74.0 Å². The molecule has 0 radical (unpaired) electrons. The molecule has 170 valence electrons. The molecular weight excluding hydrogens is 411 g/mol. The second-order valence-corrected chi connectivity index (χ2v) is 8.18. The fourth-order valence-electron chi connectivity index (χ4n) is 4.36. The van der Waals surface area contributed by atoms with Crippen molar-refractivity contribution in [2.24, 2.45) is 0 Å². The van der Waals surface area contributed by atoms with Crippen LogP contribution >= 0.6 is 0 Å². The van der Waals surface area contributed by atoms with E-state index in [1.807, 2.05) is 40.1 Å².